The maximum atomic E-state index is 10.4. The van der Waals surface area contributed by atoms with E-state index < -0.39 is 5.60 Å². The van der Waals surface area contributed by atoms with Gasteiger partial charge in [-0.2, -0.15) is 0 Å². The molecule has 0 unspecified atom stereocenters. The molecular weight excluding hydrogens is 172 g/mol. The molecule has 0 heterocycles. The molecule has 1 aromatic carbocycles. The van der Waals surface area contributed by atoms with Gasteiger partial charge in [-0.25, -0.2) is 0 Å². The van der Waals surface area contributed by atoms with Gasteiger partial charge in [0.25, 0.3) is 0 Å². The molecule has 0 amide bonds. The van der Waals surface area contributed by atoms with Crippen molar-refractivity contribution in [3.05, 3.63) is 35.9 Å². The van der Waals surface area contributed by atoms with Gasteiger partial charge in [0.2, 0.25) is 0 Å². The highest BCUT2D eigenvalue weighted by Gasteiger charge is 2.56. The molecule has 1 heteroatoms. The topological polar surface area (TPSA) is 20.2 Å². The van der Waals surface area contributed by atoms with E-state index >= 15 is 0 Å². The zero-order chi connectivity index (χ0) is 9.65. The van der Waals surface area contributed by atoms with Gasteiger partial charge in [-0.1, -0.05) is 36.8 Å². The van der Waals surface area contributed by atoms with Gasteiger partial charge in [-0.15, -0.1) is 0 Å². The summed E-state index contributed by atoms with van der Waals surface area (Å²) in [5.74, 6) is 0. The fourth-order valence-corrected chi connectivity index (χ4v) is 3.17. The van der Waals surface area contributed by atoms with Crippen molar-refractivity contribution >= 4 is 0 Å². The first kappa shape index (κ1) is 8.49. The lowest BCUT2D eigenvalue weighted by Gasteiger charge is -2.59. The fraction of sp³-hybridized carbons (Fsp3) is 0.538. The van der Waals surface area contributed by atoms with Gasteiger partial charge in [-0.05, 0) is 36.7 Å². The molecule has 0 atom stereocenters. The van der Waals surface area contributed by atoms with Crippen molar-refractivity contribution in [1.29, 1.82) is 0 Å². The molecule has 2 fully saturated rings. The van der Waals surface area contributed by atoms with E-state index in [4.69, 9.17) is 0 Å². The van der Waals surface area contributed by atoms with Crippen molar-refractivity contribution < 1.29 is 5.11 Å². The van der Waals surface area contributed by atoms with E-state index in [0.29, 0.717) is 5.41 Å². The second kappa shape index (κ2) is 2.60. The maximum absolute atomic E-state index is 10.4. The van der Waals surface area contributed by atoms with E-state index in [2.05, 4.69) is 0 Å². The standard InChI is InChI=1S/C13H16O/c14-13(11-5-2-1-3-6-11)9-12(10-13)7-4-8-12/h1-3,5-6,14H,4,7-10H2. The number of hydrogen-bond donors (Lipinski definition) is 1. The Labute approximate surface area is 84.8 Å². The van der Waals surface area contributed by atoms with E-state index in [-0.39, 0.29) is 0 Å². The first-order valence-electron chi connectivity index (χ1n) is 5.51. The minimum absolute atomic E-state index is 0.498. The van der Waals surface area contributed by atoms with E-state index in [1.807, 2.05) is 30.3 Å². The van der Waals surface area contributed by atoms with Gasteiger partial charge >= 0.3 is 0 Å². The van der Waals surface area contributed by atoms with Crippen LogP contribution in [-0.2, 0) is 5.60 Å². The van der Waals surface area contributed by atoms with Gasteiger partial charge in [0.05, 0.1) is 5.60 Å². The van der Waals surface area contributed by atoms with Gasteiger partial charge in [-0.3, -0.25) is 0 Å². The van der Waals surface area contributed by atoms with Gasteiger partial charge < -0.3 is 5.11 Å². The molecule has 2 saturated carbocycles. The first-order chi connectivity index (χ1) is 6.73. The predicted molar refractivity (Wildman–Crippen MR) is 55.9 cm³/mol. The molecule has 74 valence electrons. The molecule has 3 rings (SSSR count). The zero-order valence-electron chi connectivity index (χ0n) is 8.37. The van der Waals surface area contributed by atoms with E-state index in [1.165, 1.54) is 19.3 Å². The largest absolute Gasteiger partial charge is 0.385 e. The highest BCUT2D eigenvalue weighted by atomic mass is 16.3. The van der Waals surface area contributed by atoms with Crippen LogP contribution in [0.15, 0.2) is 30.3 Å². The lowest BCUT2D eigenvalue weighted by molar-refractivity contribution is -0.168. The smallest absolute Gasteiger partial charge is 0.0907 e. The lowest BCUT2D eigenvalue weighted by Crippen LogP contribution is -2.53. The Bertz CT molecular complexity index is 330. The van der Waals surface area contributed by atoms with Crippen molar-refractivity contribution in [2.45, 2.75) is 37.7 Å². The molecule has 2 aliphatic carbocycles. The van der Waals surface area contributed by atoms with Crippen molar-refractivity contribution in [1.82, 2.24) is 0 Å². The van der Waals surface area contributed by atoms with Crippen molar-refractivity contribution in [3.8, 4) is 0 Å². The molecule has 2 aliphatic rings. The predicted octanol–water partition coefficient (Wildman–Crippen LogP) is 2.84. The Morgan fingerprint density at radius 1 is 1.00 bits per heavy atom. The molecule has 1 N–H and O–H groups in total. The summed E-state index contributed by atoms with van der Waals surface area (Å²) in [5, 5.41) is 10.4. The summed E-state index contributed by atoms with van der Waals surface area (Å²) >= 11 is 0. The number of rotatable bonds is 1. The quantitative estimate of drug-likeness (QED) is 0.718. The minimum Gasteiger partial charge on any atom is -0.385 e. The van der Waals surface area contributed by atoms with Crippen LogP contribution in [0.3, 0.4) is 0 Å². The van der Waals surface area contributed by atoms with Crippen molar-refractivity contribution in [3.63, 3.8) is 0 Å². The van der Waals surface area contributed by atoms with Crippen molar-refractivity contribution in [2.75, 3.05) is 0 Å². The minimum atomic E-state index is -0.498. The average molecular weight is 188 g/mol. The number of hydrogen-bond acceptors (Lipinski definition) is 1. The van der Waals surface area contributed by atoms with E-state index in [9.17, 15) is 5.11 Å². The summed E-state index contributed by atoms with van der Waals surface area (Å²) in [5.41, 5.74) is 1.14. The summed E-state index contributed by atoms with van der Waals surface area (Å²) in [6, 6.07) is 10.1. The van der Waals surface area contributed by atoms with Crippen LogP contribution in [0.1, 0.15) is 37.7 Å². The average Bonchev–Trinajstić information content (AvgIpc) is 2.11. The van der Waals surface area contributed by atoms with Crippen LogP contribution in [0.5, 0.6) is 0 Å². The van der Waals surface area contributed by atoms with Crippen LogP contribution >= 0.6 is 0 Å². The lowest BCUT2D eigenvalue weighted by atomic mass is 9.48. The number of aliphatic hydroxyl groups is 1. The molecule has 1 spiro atoms. The van der Waals surface area contributed by atoms with Crippen molar-refractivity contribution in [2.24, 2.45) is 5.41 Å². The Kier molecular flexibility index (Phi) is 1.58. The third kappa shape index (κ3) is 1.05. The van der Waals surface area contributed by atoms with Gasteiger partial charge in [0.15, 0.2) is 0 Å². The summed E-state index contributed by atoms with van der Waals surface area (Å²) in [7, 11) is 0. The summed E-state index contributed by atoms with van der Waals surface area (Å²) in [4.78, 5) is 0. The Morgan fingerprint density at radius 2 is 1.64 bits per heavy atom. The molecule has 0 bridgehead atoms. The second-order valence-electron chi connectivity index (χ2n) is 5.10. The molecule has 0 radical (unpaired) electrons. The Morgan fingerprint density at radius 3 is 2.14 bits per heavy atom. The second-order valence-corrected chi connectivity index (χ2v) is 5.10. The van der Waals surface area contributed by atoms with Crippen LogP contribution in [0.25, 0.3) is 0 Å². The molecule has 14 heavy (non-hydrogen) atoms. The summed E-state index contributed by atoms with van der Waals surface area (Å²) in [6.45, 7) is 0. The third-order valence-electron chi connectivity index (χ3n) is 4.06. The van der Waals surface area contributed by atoms with Crippen LogP contribution in [-0.4, -0.2) is 5.11 Å². The van der Waals surface area contributed by atoms with Gasteiger partial charge in [0, 0.05) is 0 Å². The molecule has 0 aromatic heterocycles. The van der Waals surface area contributed by atoms with Crippen LogP contribution in [0.2, 0.25) is 0 Å². The zero-order valence-corrected chi connectivity index (χ0v) is 8.37. The SMILES string of the molecule is OC1(c2ccccc2)CC2(CCC2)C1. The van der Waals surface area contributed by atoms with Crippen LogP contribution in [0.4, 0.5) is 0 Å². The van der Waals surface area contributed by atoms with E-state index in [0.717, 1.165) is 18.4 Å². The summed E-state index contributed by atoms with van der Waals surface area (Å²) in [6.07, 6.45) is 6.02. The Hall–Kier alpha value is -0.820. The van der Waals surface area contributed by atoms with E-state index in [1.54, 1.807) is 0 Å². The fourth-order valence-electron chi connectivity index (χ4n) is 3.17. The van der Waals surface area contributed by atoms with Gasteiger partial charge in [0.1, 0.15) is 0 Å². The summed E-state index contributed by atoms with van der Waals surface area (Å²) < 4.78 is 0. The van der Waals surface area contributed by atoms with Crippen LogP contribution < -0.4 is 0 Å². The van der Waals surface area contributed by atoms with Crippen LogP contribution in [0, 0.1) is 5.41 Å². The maximum Gasteiger partial charge on any atom is 0.0907 e. The molecule has 1 nitrogen and oxygen atoms in total. The molecule has 0 aliphatic heterocycles. The monoisotopic (exact) mass is 188 g/mol. The molecule has 1 aromatic rings. The molecule has 0 saturated heterocycles. The Balaban J connectivity index is 1.81. The molecular formula is C13H16O. The highest BCUT2D eigenvalue weighted by molar-refractivity contribution is 5.27. The number of benzene rings is 1. The normalized spacial score (nSPS) is 26.6. The highest BCUT2D eigenvalue weighted by Crippen LogP contribution is 2.63. The third-order valence-corrected chi connectivity index (χ3v) is 4.06. The first-order valence-corrected chi connectivity index (χ1v) is 5.51.